The average molecular weight is 473 g/mol. The van der Waals surface area contributed by atoms with Gasteiger partial charge in [-0.15, -0.1) is 0 Å². The number of rotatable bonds is 6. The Hall–Kier alpha value is -3.79. The number of morpholine rings is 1. The fourth-order valence-electron chi connectivity index (χ4n) is 4.45. The Morgan fingerprint density at radius 3 is 2.63 bits per heavy atom. The van der Waals surface area contributed by atoms with E-state index in [0.717, 1.165) is 35.5 Å². The predicted octanol–water partition coefficient (Wildman–Crippen LogP) is 2.64. The van der Waals surface area contributed by atoms with Crippen molar-refractivity contribution in [1.29, 1.82) is 0 Å². The van der Waals surface area contributed by atoms with Crippen LogP contribution in [0.25, 0.3) is 33.8 Å². The van der Waals surface area contributed by atoms with Gasteiger partial charge in [-0.2, -0.15) is 5.10 Å². The summed E-state index contributed by atoms with van der Waals surface area (Å²) < 4.78 is 9.25. The molecule has 2 aliphatic rings. The standard InChI is InChI=1S/C25H28N8O2/c1-3-33-23-20(27-24(33)25(34)26-18-7-8-18)22(32-11-13-35-14-12-32)28-21(29-23)17-6-4-5-16(15-17)19-9-10-31(2)30-19/h4-6,9-10,15,18H,3,7-8,11-14H2,1-2H3,(H,26,34). The number of carbonyl (C=O) groups excluding carboxylic acids is 1. The molecule has 10 heteroatoms. The van der Waals surface area contributed by atoms with E-state index in [4.69, 9.17) is 19.7 Å². The van der Waals surface area contributed by atoms with Crippen LogP contribution in [0, 0.1) is 0 Å². The van der Waals surface area contributed by atoms with Gasteiger partial charge in [0.05, 0.1) is 18.9 Å². The molecule has 10 nitrogen and oxygen atoms in total. The zero-order valence-corrected chi connectivity index (χ0v) is 19.9. The van der Waals surface area contributed by atoms with Crippen molar-refractivity contribution < 1.29 is 9.53 Å². The molecular formula is C25H28N8O2. The molecule has 1 N–H and O–H groups in total. The van der Waals surface area contributed by atoms with Crippen LogP contribution in [-0.2, 0) is 18.3 Å². The average Bonchev–Trinajstić information content (AvgIpc) is 3.46. The lowest BCUT2D eigenvalue weighted by atomic mass is 10.1. The summed E-state index contributed by atoms with van der Waals surface area (Å²) in [5, 5.41) is 7.60. The summed E-state index contributed by atoms with van der Waals surface area (Å²) in [6.45, 7) is 5.26. The molecule has 3 aromatic heterocycles. The molecule has 1 saturated heterocycles. The molecule has 4 aromatic rings. The Labute approximate surface area is 203 Å². The van der Waals surface area contributed by atoms with Crippen molar-refractivity contribution in [3.8, 4) is 22.6 Å². The second-order valence-electron chi connectivity index (χ2n) is 9.03. The monoisotopic (exact) mass is 472 g/mol. The zero-order chi connectivity index (χ0) is 23.9. The van der Waals surface area contributed by atoms with Gasteiger partial charge in [0.25, 0.3) is 5.91 Å². The Morgan fingerprint density at radius 1 is 1.11 bits per heavy atom. The number of amides is 1. The Balaban J connectivity index is 1.50. The van der Waals surface area contributed by atoms with E-state index in [1.165, 1.54) is 0 Å². The van der Waals surface area contributed by atoms with Crippen LogP contribution in [0.15, 0.2) is 36.5 Å². The molecule has 1 saturated carbocycles. The third-order valence-electron chi connectivity index (χ3n) is 6.45. The van der Waals surface area contributed by atoms with Crippen molar-refractivity contribution in [2.45, 2.75) is 32.4 Å². The maximum absolute atomic E-state index is 13.0. The van der Waals surface area contributed by atoms with Crippen LogP contribution in [0.1, 0.15) is 30.4 Å². The molecule has 35 heavy (non-hydrogen) atoms. The van der Waals surface area contributed by atoms with E-state index in [-0.39, 0.29) is 11.9 Å². The quantitative estimate of drug-likeness (QED) is 0.460. The van der Waals surface area contributed by atoms with Crippen molar-refractivity contribution >= 4 is 22.9 Å². The van der Waals surface area contributed by atoms with Gasteiger partial charge in [-0.25, -0.2) is 15.0 Å². The minimum absolute atomic E-state index is 0.154. The summed E-state index contributed by atoms with van der Waals surface area (Å²) in [6, 6.07) is 10.3. The summed E-state index contributed by atoms with van der Waals surface area (Å²) in [5.41, 5.74) is 4.09. The molecular weight excluding hydrogens is 444 g/mol. The molecule has 4 heterocycles. The van der Waals surface area contributed by atoms with E-state index in [9.17, 15) is 4.79 Å². The van der Waals surface area contributed by atoms with E-state index in [0.29, 0.717) is 55.7 Å². The number of fused-ring (bicyclic) bond motifs is 1. The lowest BCUT2D eigenvalue weighted by Gasteiger charge is -2.28. The van der Waals surface area contributed by atoms with Gasteiger partial charge in [0.1, 0.15) is 0 Å². The van der Waals surface area contributed by atoms with Gasteiger partial charge >= 0.3 is 0 Å². The fourth-order valence-corrected chi connectivity index (χ4v) is 4.45. The maximum atomic E-state index is 13.0. The summed E-state index contributed by atoms with van der Waals surface area (Å²) in [7, 11) is 1.90. The predicted molar refractivity (Wildman–Crippen MR) is 132 cm³/mol. The number of imidazole rings is 1. The number of hydrogen-bond acceptors (Lipinski definition) is 7. The third kappa shape index (κ3) is 4.14. The van der Waals surface area contributed by atoms with Gasteiger partial charge in [0.15, 0.2) is 22.8 Å². The lowest BCUT2D eigenvalue weighted by molar-refractivity contribution is 0.0937. The van der Waals surface area contributed by atoms with Crippen molar-refractivity contribution in [1.82, 2.24) is 34.6 Å². The first-order valence-electron chi connectivity index (χ1n) is 12.1. The first kappa shape index (κ1) is 21.7. The van der Waals surface area contributed by atoms with Gasteiger partial charge < -0.3 is 19.5 Å². The smallest absolute Gasteiger partial charge is 0.287 e. The molecule has 0 atom stereocenters. The van der Waals surface area contributed by atoms with Crippen molar-refractivity contribution in [2.24, 2.45) is 7.05 Å². The molecule has 1 aliphatic carbocycles. The number of carbonyl (C=O) groups is 1. The molecule has 6 rings (SSSR count). The number of aromatic nitrogens is 6. The molecule has 1 amide bonds. The normalized spacial score (nSPS) is 16.1. The van der Waals surface area contributed by atoms with Crippen LogP contribution < -0.4 is 10.2 Å². The number of anilines is 1. The first-order chi connectivity index (χ1) is 17.1. The second-order valence-corrected chi connectivity index (χ2v) is 9.03. The highest BCUT2D eigenvalue weighted by Gasteiger charge is 2.29. The molecule has 0 unspecified atom stereocenters. The Kier molecular flexibility index (Phi) is 5.44. The van der Waals surface area contributed by atoms with Crippen LogP contribution in [0.2, 0.25) is 0 Å². The summed E-state index contributed by atoms with van der Waals surface area (Å²) >= 11 is 0. The maximum Gasteiger partial charge on any atom is 0.287 e. The van der Waals surface area contributed by atoms with E-state index >= 15 is 0 Å². The number of aryl methyl sites for hydroxylation is 2. The second kappa shape index (κ2) is 8.77. The van der Waals surface area contributed by atoms with Crippen LogP contribution in [0.3, 0.4) is 0 Å². The van der Waals surface area contributed by atoms with Crippen LogP contribution in [0.4, 0.5) is 5.82 Å². The highest BCUT2D eigenvalue weighted by atomic mass is 16.5. The summed E-state index contributed by atoms with van der Waals surface area (Å²) in [6.07, 6.45) is 3.97. The fraction of sp³-hybridized carbons (Fsp3) is 0.400. The third-order valence-corrected chi connectivity index (χ3v) is 6.45. The molecule has 180 valence electrons. The van der Waals surface area contributed by atoms with Crippen LogP contribution in [-0.4, -0.2) is 67.6 Å². The highest BCUT2D eigenvalue weighted by molar-refractivity contribution is 5.97. The van der Waals surface area contributed by atoms with E-state index in [1.807, 2.05) is 49.0 Å². The van der Waals surface area contributed by atoms with Gasteiger partial charge in [-0.05, 0) is 31.9 Å². The van der Waals surface area contributed by atoms with Gasteiger partial charge in [-0.1, -0.05) is 18.2 Å². The van der Waals surface area contributed by atoms with Crippen LogP contribution >= 0.6 is 0 Å². The summed E-state index contributed by atoms with van der Waals surface area (Å²) in [4.78, 5) is 29.9. The number of nitrogens with one attached hydrogen (secondary N) is 1. The number of nitrogens with zero attached hydrogens (tertiary/aromatic N) is 7. The largest absolute Gasteiger partial charge is 0.378 e. The molecule has 1 aliphatic heterocycles. The van der Waals surface area contributed by atoms with Gasteiger partial charge in [0.2, 0.25) is 5.82 Å². The molecule has 1 aromatic carbocycles. The van der Waals surface area contributed by atoms with E-state index in [2.05, 4.69) is 21.4 Å². The Morgan fingerprint density at radius 2 is 1.91 bits per heavy atom. The van der Waals surface area contributed by atoms with Crippen LogP contribution in [0.5, 0.6) is 0 Å². The highest BCUT2D eigenvalue weighted by Crippen LogP contribution is 2.31. The van der Waals surface area contributed by atoms with Crippen molar-refractivity contribution in [3.05, 3.63) is 42.4 Å². The lowest BCUT2D eigenvalue weighted by Crippen LogP contribution is -2.37. The number of hydrogen-bond donors (Lipinski definition) is 1. The van der Waals surface area contributed by atoms with E-state index < -0.39 is 0 Å². The zero-order valence-electron chi connectivity index (χ0n) is 19.9. The van der Waals surface area contributed by atoms with Crippen molar-refractivity contribution in [3.63, 3.8) is 0 Å². The SMILES string of the molecule is CCn1c(C(=O)NC2CC2)nc2c(N3CCOCC3)nc(-c3cccc(-c4ccn(C)n4)c3)nc21. The molecule has 0 bridgehead atoms. The topological polar surface area (TPSA) is 103 Å². The molecule has 0 radical (unpaired) electrons. The molecule has 0 spiro atoms. The molecule has 2 fully saturated rings. The van der Waals surface area contributed by atoms with Crippen molar-refractivity contribution in [2.75, 3.05) is 31.2 Å². The Bertz CT molecular complexity index is 1400. The number of benzene rings is 1. The number of ether oxygens (including phenoxy) is 1. The summed E-state index contributed by atoms with van der Waals surface area (Å²) in [5.74, 6) is 1.57. The first-order valence-corrected chi connectivity index (χ1v) is 12.1. The van der Waals surface area contributed by atoms with Gasteiger partial charge in [-0.3, -0.25) is 9.48 Å². The minimum Gasteiger partial charge on any atom is -0.378 e. The minimum atomic E-state index is -0.154. The van der Waals surface area contributed by atoms with Gasteiger partial charge in [0, 0.05) is 50.0 Å². The van der Waals surface area contributed by atoms with E-state index in [1.54, 1.807) is 4.68 Å².